The molecule has 0 heterocycles. The molecule has 0 fully saturated rings. The number of nitrogens with two attached hydrogens (primary N) is 1. The number of rotatable bonds is 6. The Morgan fingerprint density at radius 2 is 1.89 bits per heavy atom. The summed E-state index contributed by atoms with van der Waals surface area (Å²) in [7, 11) is 4.89. The summed E-state index contributed by atoms with van der Waals surface area (Å²) in [5.41, 5.74) is 7.13. The fraction of sp³-hybridized carbons (Fsp3) is 0.538. The van der Waals surface area contributed by atoms with E-state index >= 15 is 0 Å². The summed E-state index contributed by atoms with van der Waals surface area (Å²) in [6.07, 6.45) is 0.795. The molecular formula is C13H20BrNO3. The van der Waals surface area contributed by atoms with Crippen LogP contribution < -0.4 is 15.2 Å². The van der Waals surface area contributed by atoms with Gasteiger partial charge in [0.25, 0.3) is 0 Å². The van der Waals surface area contributed by atoms with Crippen LogP contribution in [0.5, 0.6) is 11.5 Å². The molecule has 2 atom stereocenters. The maximum atomic E-state index is 6.23. The van der Waals surface area contributed by atoms with E-state index in [0.29, 0.717) is 11.5 Å². The highest BCUT2D eigenvalue weighted by atomic mass is 79.9. The van der Waals surface area contributed by atoms with Crippen LogP contribution in [-0.2, 0) is 4.74 Å². The monoisotopic (exact) mass is 317 g/mol. The Labute approximate surface area is 117 Å². The standard InChI is InChI=1S/C13H20BrNO3/c1-5-9(16-2)12(15)8-6-7-10(17-3)11(14)13(8)18-4/h6-7,9,12H,5,15H2,1-4H3. The van der Waals surface area contributed by atoms with Crippen molar-refractivity contribution < 1.29 is 14.2 Å². The maximum Gasteiger partial charge on any atom is 0.141 e. The molecule has 1 aromatic carbocycles. The molecule has 0 aliphatic rings. The molecule has 2 N–H and O–H groups in total. The van der Waals surface area contributed by atoms with Crippen LogP contribution in [0.1, 0.15) is 24.9 Å². The molecule has 0 aliphatic heterocycles. The van der Waals surface area contributed by atoms with Crippen molar-refractivity contribution in [1.82, 2.24) is 0 Å². The van der Waals surface area contributed by atoms with Gasteiger partial charge in [0.1, 0.15) is 16.0 Å². The van der Waals surface area contributed by atoms with Gasteiger partial charge in [-0.15, -0.1) is 0 Å². The minimum atomic E-state index is -0.239. The van der Waals surface area contributed by atoms with Crippen molar-refractivity contribution in [3.05, 3.63) is 22.2 Å². The van der Waals surface area contributed by atoms with Crippen LogP contribution in [0.25, 0.3) is 0 Å². The van der Waals surface area contributed by atoms with E-state index in [-0.39, 0.29) is 12.1 Å². The number of hydrogen-bond donors (Lipinski definition) is 1. The summed E-state index contributed by atoms with van der Waals surface area (Å²) < 4.78 is 16.8. The van der Waals surface area contributed by atoms with E-state index in [1.54, 1.807) is 21.3 Å². The van der Waals surface area contributed by atoms with Crippen LogP contribution in [0.3, 0.4) is 0 Å². The Morgan fingerprint density at radius 3 is 2.33 bits per heavy atom. The second kappa shape index (κ2) is 6.97. The van der Waals surface area contributed by atoms with Gasteiger partial charge in [0.2, 0.25) is 0 Å². The molecule has 0 amide bonds. The summed E-state index contributed by atoms with van der Waals surface area (Å²) in [6, 6.07) is 3.54. The van der Waals surface area contributed by atoms with Crippen LogP contribution in [0.2, 0.25) is 0 Å². The van der Waals surface area contributed by atoms with E-state index < -0.39 is 0 Å². The zero-order valence-corrected chi connectivity index (χ0v) is 12.8. The molecule has 0 saturated heterocycles. The lowest BCUT2D eigenvalue weighted by molar-refractivity contribution is 0.0764. The molecule has 0 aliphatic carbocycles. The molecule has 4 nitrogen and oxygen atoms in total. The fourth-order valence-electron chi connectivity index (χ4n) is 1.95. The van der Waals surface area contributed by atoms with E-state index in [9.17, 15) is 0 Å². The highest BCUT2D eigenvalue weighted by molar-refractivity contribution is 9.10. The Kier molecular flexibility index (Phi) is 5.91. The predicted molar refractivity (Wildman–Crippen MR) is 75.3 cm³/mol. The maximum absolute atomic E-state index is 6.23. The first-order valence-corrected chi connectivity index (χ1v) is 6.58. The lowest BCUT2D eigenvalue weighted by atomic mass is 9.99. The summed E-state index contributed by atoms with van der Waals surface area (Å²) in [4.78, 5) is 0. The summed E-state index contributed by atoms with van der Waals surface area (Å²) in [5, 5.41) is 0. The van der Waals surface area contributed by atoms with Gasteiger partial charge in [-0.3, -0.25) is 0 Å². The van der Waals surface area contributed by atoms with Crippen LogP contribution in [0.4, 0.5) is 0 Å². The molecule has 0 bridgehead atoms. The average Bonchev–Trinajstić information content (AvgIpc) is 2.39. The highest BCUT2D eigenvalue weighted by Crippen LogP contribution is 2.40. The largest absolute Gasteiger partial charge is 0.495 e. The Hall–Kier alpha value is -0.780. The molecule has 5 heteroatoms. The normalized spacial score (nSPS) is 14.1. The third-order valence-electron chi connectivity index (χ3n) is 2.98. The van der Waals surface area contributed by atoms with Crippen LogP contribution >= 0.6 is 15.9 Å². The van der Waals surface area contributed by atoms with Crippen molar-refractivity contribution in [3.8, 4) is 11.5 Å². The topological polar surface area (TPSA) is 53.7 Å². The fourth-order valence-corrected chi connectivity index (χ4v) is 2.63. The van der Waals surface area contributed by atoms with Crippen molar-refractivity contribution >= 4 is 15.9 Å². The van der Waals surface area contributed by atoms with Gasteiger partial charge < -0.3 is 19.9 Å². The van der Waals surface area contributed by atoms with Crippen molar-refractivity contribution in [3.63, 3.8) is 0 Å². The number of hydrogen-bond acceptors (Lipinski definition) is 4. The quantitative estimate of drug-likeness (QED) is 0.876. The van der Waals surface area contributed by atoms with Gasteiger partial charge in [-0.25, -0.2) is 0 Å². The zero-order chi connectivity index (χ0) is 13.7. The number of benzene rings is 1. The minimum Gasteiger partial charge on any atom is -0.495 e. The lowest BCUT2D eigenvalue weighted by Crippen LogP contribution is -2.27. The smallest absolute Gasteiger partial charge is 0.141 e. The predicted octanol–water partition coefficient (Wildman–Crippen LogP) is 2.89. The molecule has 2 unspecified atom stereocenters. The highest BCUT2D eigenvalue weighted by Gasteiger charge is 2.23. The second-order valence-corrected chi connectivity index (χ2v) is 4.71. The Bertz CT molecular complexity index is 394. The summed E-state index contributed by atoms with van der Waals surface area (Å²) >= 11 is 3.47. The third kappa shape index (κ3) is 2.96. The zero-order valence-electron chi connectivity index (χ0n) is 11.2. The van der Waals surface area contributed by atoms with Crippen molar-refractivity contribution in [1.29, 1.82) is 0 Å². The van der Waals surface area contributed by atoms with E-state index in [1.165, 1.54) is 0 Å². The van der Waals surface area contributed by atoms with Gasteiger partial charge in [-0.1, -0.05) is 6.92 Å². The average molecular weight is 318 g/mol. The van der Waals surface area contributed by atoms with Crippen molar-refractivity contribution in [2.45, 2.75) is 25.5 Å². The molecule has 1 rings (SSSR count). The molecule has 1 aromatic rings. The molecule has 102 valence electrons. The van der Waals surface area contributed by atoms with Crippen LogP contribution in [0, 0.1) is 0 Å². The molecule has 0 radical (unpaired) electrons. The van der Waals surface area contributed by atoms with Gasteiger partial charge in [-0.2, -0.15) is 0 Å². The van der Waals surface area contributed by atoms with Crippen molar-refractivity contribution in [2.24, 2.45) is 5.73 Å². The van der Waals surface area contributed by atoms with Gasteiger partial charge >= 0.3 is 0 Å². The molecule has 18 heavy (non-hydrogen) atoms. The van der Waals surface area contributed by atoms with Crippen LogP contribution in [-0.4, -0.2) is 27.4 Å². The van der Waals surface area contributed by atoms with Gasteiger partial charge in [0, 0.05) is 12.7 Å². The number of methoxy groups -OCH3 is 3. The minimum absolute atomic E-state index is 0.0424. The summed E-state index contributed by atoms with van der Waals surface area (Å²) in [6.45, 7) is 2.04. The van der Waals surface area contributed by atoms with Gasteiger partial charge in [-0.05, 0) is 34.5 Å². The number of halogens is 1. The lowest BCUT2D eigenvalue weighted by Gasteiger charge is -2.24. The Balaban J connectivity index is 3.20. The molecule has 0 spiro atoms. The van der Waals surface area contributed by atoms with E-state index in [4.69, 9.17) is 19.9 Å². The Morgan fingerprint density at radius 1 is 1.22 bits per heavy atom. The van der Waals surface area contributed by atoms with E-state index in [2.05, 4.69) is 15.9 Å². The van der Waals surface area contributed by atoms with Crippen LogP contribution in [0.15, 0.2) is 16.6 Å². The summed E-state index contributed by atoms with van der Waals surface area (Å²) in [5.74, 6) is 1.41. The first-order valence-electron chi connectivity index (χ1n) is 5.79. The van der Waals surface area contributed by atoms with Crippen molar-refractivity contribution in [2.75, 3.05) is 21.3 Å². The first-order chi connectivity index (χ1) is 8.60. The molecular weight excluding hydrogens is 298 g/mol. The third-order valence-corrected chi connectivity index (χ3v) is 3.73. The molecule has 0 saturated carbocycles. The second-order valence-electron chi connectivity index (χ2n) is 3.91. The SMILES string of the molecule is CCC(OC)C(N)c1ccc(OC)c(Br)c1OC. The van der Waals surface area contributed by atoms with E-state index in [0.717, 1.165) is 16.5 Å². The first kappa shape index (κ1) is 15.3. The van der Waals surface area contributed by atoms with Gasteiger partial charge in [0.05, 0.1) is 26.4 Å². The molecule has 0 aromatic heterocycles. The number of ether oxygens (including phenoxy) is 3. The van der Waals surface area contributed by atoms with Gasteiger partial charge in [0.15, 0.2) is 0 Å². The van der Waals surface area contributed by atoms with E-state index in [1.807, 2.05) is 19.1 Å².